The number of aliphatic hydroxyl groups is 1. The van der Waals surface area contributed by atoms with Gasteiger partial charge in [0.05, 0.1) is 12.1 Å². The fraction of sp³-hybridized carbons (Fsp3) is 0.889. The number of hydrogen-bond acceptors (Lipinski definition) is 4. The zero-order valence-corrected chi connectivity index (χ0v) is 8.57. The second-order valence-electron chi connectivity index (χ2n) is 3.72. The van der Waals surface area contributed by atoms with Crippen LogP contribution in [0.2, 0.25) is 0 Å². The van der Waals surface area contributed by atoms with E-state index < -0.39 is 0 Å². The molecule has 1 aliphatic rings. The number of carbonyl (C=O) groups excluding carboxylic acids is 1. The minimum atomic E-state index is -0.302. The molecule has 1 rings (SSSR count). The van der Waals surface area contributed by atoms with E-state index in [-0.39, 0.29) is 18.1 Å². The number of piperidine rings is 1. The summed E-state index contributed by atoms with van der Waals surface area (Å²) in [6, 6.07) is -0.199. The monoisotopic (exact) mass is 201 g/mol. The maximum absolute atomic E-state index is 11.4. The van der Waals surface area contributed by atoms with Crippen molar-refractivity contribution in [1.82, 2.24) is 10.3 Å². The average Bonchev–Trinajstić information content (AvgIpc) is 2.19. The molecule has 1 fully saturated rings. The number of rotatable bonds is 3. The minimum absolute atomic E-state index is 0.165. The number of carbonyl (C=O) groups is 1. The fourth-order valence-corrected chi connectivity index (χ4v) is 1.97. The Morgan fingerprint density at radius 1 is 1.79 bits per heavy atom. The molecule has 0 aromatic rings. The third kappa shape index (κ3) is 2.67. The van der Waals surface area contributed by atoms with Gasteiger partial charge in [-0.3, -0.25) is 15.1 Å². The number of hydrazine groups is 1. The molecular weight excluding hydrogens is 182 g/mol. The molecule has 0 saturated carbocycles. The van der Waals surface area contributed by atoms with Crippen LogP contribution >= 0.6 is 0 Å². The van der Waals surface area contributed by atoms with Crippen molar-refractivity contribution in [2.24, 2.45) is 5.84 Å². The highest BCUT2D eigenvalue weighted by Crippen LogP contribution is 2.14. The molecular formula is C9H19N3O2. The number of likely N-dealkylation sites (tertiary alicyclic amines) is 1. The number of β-amino-alcohol motifs (C(OH)–C–C–N with tert-alkyl or cyclic N) is 1. The summed E-state index contributed by atoms with van der Waals surface area (Å²) in [7, 11) is 0. The topological polar surface area (TPSA) is 78.6 Å². The van der Waals surface area contributed by atoms with E-state index in [1.807, 2.05) is 11.8 Å². The lowest BCUT2D eigenvalue weighted by atomic mass is 10.0. The summed E-state index contributed by atoms with van der Waals surface area (Å²) in [5.74, 6) is 4.94. The van der Waals surface area contributed by atoms with Gasteiger partial charge in [-0.05, 0) is 25.8 Å². The Morgan fingerprint density at radius 3 is 3.00 bits per heavy atom. The van der Waals surface area contributed by atoms with Crippen LogP contribution in [0, 0.1) is 0 Å². The number of hydrogen-bond donors (Lipinski definition) is 3. The summed E-state index contributed by atoms with van der Waals surface area (Å²) in [4.78, 5) is 13.4. The molecule has 5 nitrogen and oxygen atoms in total. The van der Waals surface area contributed by atoms with Crippen molar-refractivity contribution in [3.8, 4) is 0 Å². The third-order valence-corrected chi connectivity index (χ3v) is 2.70. The SMILES string of the molecule is CCC(C(=O)NN)N1CCCC(O)C1. The molecule has 0 bridgehead atoms. The van der Waals surface area contributed by atoms with Crippen molar-refractivity contribution in [1.29, 1.82) is 0 Å². The van der Waals surface area contributed by atoms with Crippen molar-refractivity contribution < 1.29 is 9.90 Å². The van der Waals surface area contributed by atoms with Gasteiger partial charge in [-0.2, -0.15) is 0 Å². The van der Waals surface area contributed by atoms with Crippen molar-refractivity contribution in [3.63, 3.8) is 0 Å². The average molecular weight is 201 g/mol. The standard InChI is InChI=1S/C9H19N3O2/c1-2-8(9(14)11-10)12-5-3-4-7(13)6-12/h7-8,13H,2-6,10H2,1H3,(H,11,14). The van der Waals surface area contributed by atoms with Crippen molar-refractivity contribution in [3.05, 3.63) is 0 Å². The molecule has 1 amide bonds. The number of nitrogens with two attached hydrogens (primary N) is 1. The van der Waals surface area contributed by atoms with Crippen LogP contribution in [0.25, 0.3) is 0 Å². The lowest BCUT2D eigenvalue weighted by molar-refractivity contribution is -0.127. The summed E-state index contributed by atoms with van der Waals surface area (Å²) in [6.45, 7) is 3.38. The maximum Gasteiger partial charge on any atom is 0.251 e. The fourth-order valence-electron chi connectivity index (χ4n) is 1.97. The molecule has 2 atom stereocenters. The van der Waals surface area contributed by atoms with E-state index >= 15 is 0 Å². The number of aliphatic hydroxyl groups excluding tert-OH is 1. The van der Waals surface area contributed by atoms with Gasteiger partial charge in [0.25, 0.3) is 5.91 Å². The first-order valence-electron chi connectivity index (χ1n) is 5.11. The summed E-state index contributed by atoms with van der Waals surface area (Å²) < 4.78 is 0. The van der Waals surface area contributed by atoms with E-state index in [2.05, 4.69) is 5.43 Å². The van der Waals surface area contributed by atoms with Gasteiger partial charge in [-0.15, -0.1) is 0 Å². The van der Waals surface area contributed by atoms with Crippen LogP contribution in [-0.2, 0) is 4.79 Å². The zero-order chi connectivity index (χ0) is 10.6. The lowest BCUT2D eigenvalue weighted by Gasteiger charge is -2.34. The molecule has 2 unspecified atom stereocenters. The second kappa shape index (κ2) is 5.29. The zero-order valence-electron chi connectivity index (χ0n) is 8.57. The highest BCUT2D eigenvalue weighted by molar-refractivity contribution is 5.81. The van der Waals surface area contributed by atoms with Gasteiger partial charge in [-0.25, -0.2) is 5.84 Å². The predicted octanol–water partition coefficient (Wildman–Crippen LogP) is -0.788. The quantitative estimate of drug-likeness (QED) is 0.318. The Morgan fingerprint density at radius 2 is 2.50 bits per heavy atom. The van der Waals surface area contributed by atoms with Gasteiger partial charge in [0.2, 0.25) is 0 Å². The molecule has 0 aliphatic carbocycles. The predicted molar refractivity (Wildman–Crippen MR) is 53.2 cm³/mol. The van der Waals surface area contributed by atoms with Crippen LogP contribution in [0.3, 0.4) is 0 Å². The number of amides is 1. The van der Waals surface area contributed by atoms with Crippen LogP contribution in [0.5, 0.6) is 0 Å². The molecule has 14 heavy (non-hydrogen) atoms. The first-order valence-corrected chi connectivity index (χ1v) is 5.11. The molecule has 1 heterocycles. The second-order valence-corrected chi connectivity index (χ2v) is 3.72. The van der Waals surface area contributed by atoms with Crippen LogP contribution in [0.15, 0.2) is 0 Å². The molecule has 0 aromatic heterocycles. The van der Waals surface area contributed by atoms with Crippen molar-refractivity contribution in [2.45, 2.75) is 38.3 Å². The molecule has 82 valence electrons. The van der Waals surface area contributed by atoms with E-state index in [1.54, 1.807) is 0 Å². The highest BCUT2D eigenvalue weighted by Gasteiger charge is 2.27. The normalized spacial score (nSPS) is 25.8. The molecule has 0 radical (unpaired) electrons. The van der Waals surface area contributed by atoms with Gasteiger partial charge in [0, 0.05) is 6.54 Å². The largest absolute Gasteiger partial charge is 0.392 e. The van der Waals surface area contributed by atoms with Gasteiger partial charge < -0.3 is 5.11 Å². The van der Waals surface area contributed by atoms with Gasteiger partial charge in [0.1, 0.15) is 0 Å². The van der Waals surface area contributed by atoms with E-state index in [1.165, 1.54) is 0 Å². The Balaban J connectivity index is 2.54. The molecule has 1 aliphatic heterocycles. The first kappa shape index (κ1) is 11.4. The number of nitrogens with one attached hydrogen (secondary N) is 1. The summed E-state index contributed by atoms with van der Waals surface area (Å²) in [5.41, 5.74) is 2.17. The smallest absolute Gasteiger partial charge is 0.251 e. The van der Waals surface area contributed by atoms with Gasteiger partial charge in [0.15, 0.2) is 0 Å². The van der Waals surface area contributed by atoms with Crippen LogP contribution in [0.4, 0.5) is 0 Å². The van der Waals surface area contributed by atoms with E-state index in [0.717, 1.165) is 25.8 Å². The van der Waals surface area contributed by atoms with Crippen LogP contribution in [0.1, 0.15) is 26.2 Å². The molecule has 4 N–H and O–H groups in total. The van der Waals surface area contributed by atoms with Crippen LogP contribution < -0.4 is 11.3 Å². The van der Waals surface area contributed by atoms with Crippen LogP contribution in [-0.4, -0.2) is 41.1 Å². The maximum atomic E-state index is 11.4. The number of nitrogens with zero attached hydrogens (tertiary/aromatic N) is 1. The third-order valence-electron chi connectivity index (χ3n) is 2.70. The minimum Gasteiger partial charge on any atom is -0.392 e. The Hall–Kier alpha value is -0.650. The van der Waals surface area contributed by atoms with Crippen molar-refractivity contribution >= 4 is 5.91 Å². The van der Waals surface area contributed by atoms with Gasteiger partial charge in [-0.1, -0.05) is 6.92 Å². The molecule has 1 saturated heterocycles. The van der Waals surface area contributed by atoms with E-state index in [0.29, 0.717) is 6.54 Å². The first-order chi connectivity index (χ1) is 6.69. The highest BCUT2D eigenvalue weighted by atomic mass is 16.3. The van der Waals surface area contributed by atoms with E-state index in [9.17, 15) is 9.90 Å². The van der Waals surface area contributed by atoms with E-state index in [4.69, 9.17) is 5.84 Å². The Labute approximate surface area is 84.2 Å². The van der Waals surface area contributed by atoms with Gasteiger partial charge >= 0.3 is 0 Å². The Kier molecular flexibility index (Phi) is 4.31. The molecule has 0 spiro atoms. The Bertz CT molecular complexity index is 198. The lowest BCUT2D eigenvalue weighted by Crippen LogP contribution is -2.52. The molecule has 5 heteroatoms. The molecule has 0 aromatic carbocycles. The summed E-state index contributed by atoms with van der Waals surface area (Å²) >= 11 is 0. The summed E-state index contributed by atoms with van der Waals surface area (Å²) in [6.07, 6.45) is 2.19. The summed E-state index contributed by atoms with van der Waals surface area (Å²) in [5, 5.41) is 9.47. The van der Waals surface area contributed by atoms with Crippen molar-refractivity contribution in [2.75, 3.05) is 13.1 Å².